The monoisotopic (exact) mass is 503 g/mol. The number of halogens is 1. The van der Waals surface area contributed by atoms with Crippen LogP contribution in [0.3, 0.4) is 0 Å². The zero-order chi connectivity index (χ0) is 25.2. The Morgan fingerprint density at radius 2 is 2.03 bits per heavy atom. The van der Waals surface area contributed by atoms with E-state index >= 15 is 0 Å². The van der Waals surface area contributed by atoms with Crippen LogP contribution in [0.2, 0.25) is 5.02 Å². The Bertz CT molecular complexity index is 1540. The lowest BCUT2D eigenvalue weighted by Gasteiger charge is -2.12. The maximum atomic E-state index is 12.5. The fourth-order valence-electron chi connectivity index (χ4n) is 3.97. The van der Waals surface area contributed by atoms with Crippen LogP contribution in [-0.4, -0.2) is 50.6 Å². The average Bonchev–Trinajstić information content (AvgIpc) is 3.56. The second-order valence-electron chi connectivity index (χ2n) is 8.53. The minimum atomic E-state index is -1.07. The summed E-state index contributed by atoms with van der Waals surface area (Å²) in [7, 11) is 0. The van der Waals surface area contributed by atoms with Crippen molar-refractivity contribution < 1.29 is 14.7 Å². The van der Waals surface area contributed by atoms with Crippen molar-refractivity contribution >= 4 is 46.1 Å². The number of nitrogens with zero attached hydrogens (tertiary/aromatic N) is 4. The summed E-state index contributed by atoms with van der Waals surface area (Å²) >= 11 is 6.51. The third kappa shape index (κ3) is 4.74. The molecule has 2 heterocycles. The van der Waals surface area contributed by atoms with E-state index in [1.165, 1.54) is 0 Å². The number of fused-ring (bicyclic) bond motifs is 3. The van der Waals surface area contributed by atoms with E-state index in [-0.39, 0.29) is 11.9 Å². The molecule has 4 aromatic rings. The van der Waals surface area contributed by atoms with Gasteiger partial charge in [-0.15, -0.1) is 0 Å². The number of nitriles is 1. The van der Waals surface area contributed by atoms with Crippen LogP contribution in [0.25, 0.3) is 27.9 Å². The summed E-state index contributed by atoms with van der Waals surface area (Å²) in [5.41, 5.74) is 4.32. The minimum absolute atomic E-state index is 0.185. The van der Waals surface area contributed by atoms with Gasteiger partial charge in [0.05, 0.1) is 45.1 Å². The highest BCUT2D eigenvalue weighted by molar-refractivity contribution is 6.34. The van der Waals surface area contributed by atoms with Gasteiger partial charge in [0.15, 0.2) is 11.5 Å². The largest absolute Gasteiger partial charge is 0.465 e. The molecule has 0 bridgehead atoms. The molecule has 2 aromatic carbocycles. The van der Waals surface area contributed by atoms with Crippen molar-refractivity contribution in [2.45, 2.75) is 25.3 Å². The number of hydrogen-bond acceptors (Lipinski definition) is 6. The average molecular weight is 504 g/mol. The lowest BCUT2D eigenvalue weighted by molar-refractivity contribution is 0.0951. The number of nitrogens with one attached hydrogen (secondary N) is 3. The van der Waals surface area contributed by atoms with Crippen LogP contribution in [0, 0.1) is 11.3 Å². The number of imidazole rings is 1. The number of carbonyl (C=O) groups is 2. The second kappa shape index (κ2) is 9.71. The summed E-state index contributed by atoms with van der Waals surface area (Å²) in [5.74, 6) is 0.320. The van der Waals surface area contributed by atoms with Crippen molar-refractivity contribution in [3.05, 3.63) is 58.7 Å². The number of carbonyl (C=O) groups excluding carboxylic acids is 1. The molecule has 5 rings (SSSR count). The van der Waals surface area contributed by atoms with E-state index < -0.39 is 6.09 Å². The minimum Gasteiger partial charge on any atom is -0.465 e. The van der Waals surface area contributed by atoms with Gasteiger partial charge >= 0.3 is 6.09 Å². The highest BCUT2D eigenvalue weighted by atomic mass is 35.5. The summed E-state index contributed by atoms with van der Waals surface area (Å²) in [6.07, 6.45) is 3.16. The summed E-state index contributed by atoms with van der Waals surface area (Å²) < 4.78 is 1.93. The fraction of sp³-hybridized carbons (Fsp3) is 0.240. The van der Waals surface area contributed by atoms with Gasteiger partial charge < -0.3 is 21.1 Å². The van der Waals surface area contributed by atoms with Gasteiger partial charge in [0.2, 0.25) is 0 Å². The third-order valence-electron chi connectivity index (χ3n) is 5.90. The van der Waals surface area contributed by atoms with Crippen LogP contribution < -0.4 is 16.0 Å². The Labute approximate surface area is 210 Å². The number of anilines is 1. The smallest absolute Gasteiger partial charge is 0.404 e. The van der Waals surface area contributed by atoms with E-state index in [1.807, 2.05) is 16.5 Å². The zero-order valence-corrected chi connectivity index (χ0v) is 19.8. The van der Waals surface area contributed by atoms with Crippen LogP contribution >= 0.6 is 11.6 Å². The number of rotatable bonds is 8. The quantitative estimate of drug-likeness (QED) is 0.265. The molecule has 0 saturated heterocycles. The standard InChI is InChI=1S/C25H22ClN7O3/c26-18-11-15(3-6-17(18)24(34)31-16-4-5-16)21-13-30-23-22(28-8-1-9-29-25(35)36)32-19-10-14(12-27)2-7-20(19)33(21)23/h2-3,6-7,10-11,13,16,29H,1,4-5,8-9H2,(H,28,32)(H,31,34)(H,35,36). The molecule has 2 aromatic heterocycles. The van der Waals surface area contributed by atoms with Crippen molar-refractivity contribution in [1.82, 2.24) is 25.0 Å². The van der Waals surface area contributed by atoms with Gasteiger partial charge in [0.25, 0.3) is 5.91 Å². The first kappa shape index (κ1) is 23.4. The molecule has 36 heavy (non-hydrogen) atoms. The first-order valence-electron chi connectivity index (χ1n) is 11.5. The van der Waals surface area contributed by atoms with E-state index in [4.69, 9.17) is 16.7 Å². The van der Waals surface area contributed by atoms with Gasteiger partial charge in [-0.25, -0.2) is 14.8 Å². The van der Waals surface area contributed by atoms with E-state index in [2.05, 4.69) is 32.0 Å². The van der Waals surface area contributed by atoms with Gasteiger partial charge in [-0.1, -0.05) is 17.7 Å². The lowest BCUT2D eigenvalue weighted by atomic mass is 10.1. The molecule has 2 amide bonds. The summed E-state index contributed by atoms with van der Waals surface area (Å²) in [6.45, 7) is 0.759. The van der Waals surface area contributed by atoms with Crippen LogP contribution in [0.4, 0.5) is 10.6 Å². The third-order valence-corrected chi connectivity index (χ3v) is 6.21. The number of aromatic nitrogens is 3. The Morgan fingerprint density at radius 3 is 2.75 bits per heavy atom. The molecule has 1 aliphatic rings. The van der Waals surface area contributed by atoms with Crippen molar-refractivity contribution in [3.63, 3.8) is 0 Å². The van der Waals surface area contributed by atoms with Crippen molar-refractivity contribution in [2.24, 2.45) is 0 Å². The number of hydrogen-bond donors (Lipinski definition) is 4. The van der Waals surface area contributed by atoms with Gasteiger partial charge in [-0.2, -0.15) is 5.26 Å². The molecule has 1 aliphatic carbocycles. The molecule has 0 aliphatic heterocycles. The van der Waals surface area contributed by atoms with Crippen molar-refractivity contribution in [1.29, 1.82) is 5.26 Å². The Kier molecular flexibility index (Phi) is 6.31. The Balaban J connectivity index is 1.54. The first-order chi connectivity index (χ1) is 17.4. The van der Waals surface area contributed by atoms with E-state index in [9.17, 15) is 14.9 Å². The van der Waals surface area contributed by atoms with Gasteiger partial charge in [-0.05, 0) is 49.6 Å². The van der Waals surface area contributed by atoms with Crippen molar-refractivity contribution in [3.8, 4) is 17.3 Å². The fourth-order valence-corrected chi connectivity index (χ4v) is 4.23. The predicted molar refractivity (Wildman–Crippen MR) is 135 cm³/mol. The highest BCUT2D eigenvalue weighted by Gasteiger charge is 2.25. The zero-order valence-electron chi connectivity index (χ0n) is 19.1. The number of amides is 2. The Hall–Kier alpha value is -4.36. The summed E-state index contributed by atoms with van der Waals surface area (Å²) in [6, 6.07) is 12.9. The maximum Gasteiger partial charge on any atom is 0.404 e. The van der Waals surface area contributed by atoms with Crippen LogP contribution in [-0.2, 0) is 0 Å². The summed E-state index contributed by atoms with van der Waals surface area (Å²) in [4.78, 5) is 32.4. The van der Waals surface area contributed by atoms with E-state index in [1.54, 1.807) is 30.5 Å². The first-order valence-corrected chi connectivity index (χ1v) is 11.8. The number of benzene rings is 2. The molecular weight excluding hydrogens is 482 g/mol. The molecule has 4 N–H and O–H groups in total. The Morgan fingerprint density at radius 1 is 1.19 bits per heavy atom. The molecular formula is C25H22ClN7O3. The van der Waals surface area contributed by atoms with Crippen LogP contribution in [0.1, 0.15) is 35.2 Å². The molecule has 0 atom stereocenters. The van der Waals surface area contributed by atoms with Gasteiger partial charge in [0.1, 0.15) is 0 Å². The molecule has 1 fully saturated rings. The van der Waals surface area contributed by atoms with Crippen LogP contribution in [0.5, 0.6) is 0 Å². The number of carboxylic acid groups (broad SMARTS) is 1. The normalized spacial score (nSPS) is 12.9. The van der Waals surface area contributed by atoms with Gasteiger partial charge in [-0.3, -0.25) is 9.20 Å². The van der Waals surface area contributed by atoms with Crippen LogP contribution in [0.15, 0.2) is 42.6 Å². The summed E-state index contributed by atoms with van der Waals surface area (Å²) in [5, 5.41) is 27.0. The predicted octanol–water partition coefficient (Wildman–Crippen LogP) is 4.04. The molecule has 182 valence electrons. The molecule has 11 heteroatoms. The van der Waals surface area contributed by atoms with E-state index in [0.29, 0.717) is 52.6 Å². The lowest BCUT2D eigenvalue weighted by Crippen LogP contribution is -2.25. The molecule has 0 spiro atoms. The van der Waals surface area contributed by atoms with E-state index in [0.717, 1.165) is 29.6 Å². The highest BCUT2D eigenvalue weighted by Crippen LogP contribution is 2.31. The topological polar surface area (TPSA) is 144 Å². The second-order valence-corrected chi connectivity index (χ2v) is 8.94. The van der Waals surface area contributed by atoms with Crippen molar-refractivity contribution in [2.75, 3.05) is 18.4 Å². The SMILES string of the molecule is N#Cc1ccc2c(c1)nc(NCCCNC(=O)O)c1ncc(-c3ccc(C(=O)NC4CC4)c(Cl)c3)n12. The molecule has 1 saturated carbocycles. The molecule has 0 unspecified atom stereocenters. The van der Waals surface area contributed by atoms with Gasteiger partial charge in [0, 0.05) is 24.7 Å². The maximum absolute atomic E-state index is 12.5. The molecule has 10 nitrogen and oxygen atoms in total. The molecule has 0 radical (unpaired) electrons.